The fraction of sp³-hybridized carbons (Fsp3) is 0.389. The van der Waals surface area contributed by atoms with Gasteiger partial charge in [-0.05, 0) is 42.7 Å². The Morgan fingerprint density at radius 3 is 2.84 bits per heavy atom. The molecule has 2 aromatic heterocycles. The minimum absolute atomic E-state index is 0.146. The summed E-state index contributed by atoms with van der Waals surface area (Å²) in [5, 5.41) is 17.8. The summed E-state index contributed by atoms with van der Waals surface area (Å²) in [5.41, 5.74) is 1.71. The lowest BCUT2D eigenvalue weighted by Gasteiger charge is -2.16. The number of anilines is 1. The number of thiophene rings is 2. The number of carbonyl (C=O) groups is 2. The molecule has 25 heavy (non-hydrogen) atoms. The summed E-state index contributed by atoms with van der Waals surface area (Å²) < 4.78 is 0. The summed E-state index contributed by atoms with van der Waals surface area (Å²) >= 11 is 3.02. The monoisotopic (exact) mass is 373 g/mol. The van der Waals surface area contributed by atoms with Gasteiger partial charge < -0.3 is 10.6 Å². The highest BCUT2D eigenvalue weighted by Gasteiger charge is 2.23. The van der Waals surface area contributed by atoms with E-state index in [1.54, 1.807) is 0 Å². The van der Waals surface area contributed by atoms with Gasteiger partial charge in [-0.1, -0.05) is 6.07 Å². The van der Waals surface area contributed by atoms with Crippen molar-refractivity contribution in [2.24, 2.45) is 0 Å². The maximum absolute atomic E-state index is 12.5. The Morgan fingerprint density at radius 1 is 1.36 bits per heavy atom. The van der Waals surface area contributed by atoms with Crippen molar-refractivity contribution in [1.82, 2.24) is 5.32 Å². The molecule has 1 atom stereocenters. The van der Waals surface area contributed by atoms with Crippen molar-refractivity contribution in [2.75, 3.05) is 5.32 Å². The van der Waals surface area contributed by atoms with Crippen LogP contribution in [0.2, 0.25) is 0 Å². The summed E-state index contributed by atoms with van der Waals surface area (Å²) in [6.07, 6.45) is 4.26. The zero-order valence-electron chi connectivity index (χ0n) is 13.9. The van der Waals surface area contributed by atoms with Crippen molar-refractivity contribution < 1.29 is 9.59 Å². The SMILES string of the molecule is CC(=O)NC(CC(=O)Nc1sc2c(c1C#N)CCCC2)c1cccs1. The van der Waals surface area contributed by atoms with Gasteiger partial charge in [0.25, 0.3) is 0 Å². The van der Waals surface area contributed by atoms with Crippen LogP contribution in [0, 0.1) is 11.3 Å². The molecular formula is C18H19N3O2S2. The van der Waals surface area contributed by atoms with Crippen LogP contribution < -0.4 is 10.6 Å². The van der Waals surface area contributed by atoms with Crippen LogP contribution in [-0.4, -0.2) is 11.8 Å². The number of nitrogens with zero attached hydrogens (tertiary/aromatic N) is 1. The fourth-order valence-corrected chi connectivity index (χ4v) is 5.13. The predicted molar refractivity (Wildman–Crippen MR) is 99.8 cm³/mol. The highest BCUT2D eigenvalue weighted by molar-refractivity contribution is 7.16. The van der Waals surface area contributed by atoms with Crippen molar-refractivity contribution in [3.63, 3.8) is 0 Å². The second-order valence-electron chi connectivity index (χ2n) is 6.05. The molecule has 1 unspecified atom stereocenters. The molecule has 1 aliphatic rings. The van der Waals surface area contributed by atoms with Crippen LogP contribution in [0.25, 0.3) is 0 Å². The van der Waals surface area contributed by atoms with Crippen molar-refractivity contribution in [2.45, 2.75) is 45.1 Å². The molecule has 2 heterocycles. The second-order valence-corrected chi connectivity index (χ2v) is 8.13. The minimum Gasteiger partial charge on any atom is -0.348 e. The second kappa shape index (κ2) is 7.81. The van der Waals surface area contributed by atoms with E-state index >= 15 is 0 Å². The number of fused-ring (bicyclic) bond motifs is 1. The Bertz CT molecular complexity index is 818. The summed E-state index contributed by atoms with van der Waals surface area (Å²) in [6.45, 7) is 1.44. The predicted octanol–water partition coefficient (Wildman–Crippen LogP) is 3.77. The molecule has 5 nitrogen and oxygen atoms in total. The average Bonchev–Trinajstić information content (AvgIpc) is 3.21. The first-order chi connectivity index (χ1) is 12.1. The lowest BCUT2D eigenvalue weighted by Crippen LogP contribution is -2.29. The molecule has 2 aromatic rings. The van der Waals surface area contributed by atoms with Gasteiger partial charge in [0.15, 0.2) is 0 Å². The van der Waals surface area contributed by atoms with Crippen LogP contribution in [-0.2, 0) is 22.4 Å². The topological polar surface area (TPSA) is 82.0 Å². The summed E-state index contributed by atoms with van der Waals surface area (Å²) in [6, 6.07) is 5.70. The lowest BCUT2D eigenvalue weighted by atomic mass is 9.96. The lowest BCUT2D eigenvalue weighted by molar-refractivity contribution is -0.120. The Balaban J connectivity index is 1.74. The first-order valence-electron chi connectivity index (χ1n) is 8.23. The maximum atomic E-state index is 12.5. The first kappa shape index (κ1) is 17.6. The van der Waals surface area contributed by atoms with E-state index < -0.39 is 0 Å². The van der Waals surface area contributed by atoms with Crippen molar-refractivity contribution in [3.05, 3.63) is 38.4 Å². The minimum atomic E-state index is -0.349. The van der Waals surface area contributed by atoms with Gasteiger partial charge in [-0.2, -0.15) is 5.26 Å². The number of hydrogen-bond donors (Lipinski definition) is 2. The summed E-state index contributed by atoms with van der Waals surface area (Å²) in [5.74, 6) is -0.363. The van der Waals surface area contributed by atoms with Gasteiger partial charge in [-0.3, -0.25) is 9.59 Å². The molecular weight excluding hydrogens is 354 g/mol. The highest BCUT2D eigenvalue weighted by Crippen LogP contribution is 2.37. The summed E-state index contributed by atoms with van der Waals surface area (Å²) in [7, 11) is 0. The molecule has 0 fully saturated rings. The van der Waals surface area contributed by atoms with Crippen molar-refractivity contribution in [3.8, 4) is 6.07 Å². The molecule has 0 radical (unpaired) electrons. The first-order valence-corrected chi connectivity index (χ1v) is 9.93. The Hall–Kier alpha value is -2.17. The number of hydrogen-bond acceptors (Lipinski definition) is 5. The van der Waals surface area contributed by atoms with Gasteiger partial charge in [0, 0.05) is 16.7 Å². The largest absolute Gasteiger partial charge is 0.348 e. The normalized spacial score (nSPS) is 14.2. The molecule has 0 bridgehead atoms. The molecule has 2 amide bonds. The van der Waals surface area contributed by atoms with Gasteiger partial charge in [0.1, 0.15) is 11.1 Å². The molecule has 3 rings (SSSR count). The number of amides is 2. The van der Waals surface area contributed by atoms with Gasteiger partial charge >= 0.3 is 0 Å². The van der Waals surface area contributed by atoms with Gasteiger partial charge in [-0.25, -0.2) is 0 Å². The molecule has 0 saturated carbocycles. The van der Waals surface area contributed by atoms with Crippen LogP contribution in [0.3, 0.4) is 0 Å². The highest BCUT2D eigenvalue weighted by atomic mass is 32.1. The van der Waals surface area contributed by atoms with Crippen LogP contribution in [0.15, 0.2) is 17.5 Å². The third-order valence-electron chi connectivity index (χ3n) is 4.19. The van der Waals surface area contributed by atoms with E-state index in [0.29, 0.717) is 10.6 Å². The molecule has 0 saturated heterocycles. The van der Waals surface area contributed by atoms with Crippen LogP contribution in [0.5, 0.6) is 0 Å². The van der Waals surface area contributed by atoms with Gasteiger partial charge in [0.2, 0.25) is 11.8 Å². The van der Waals surface area contributed by atoms with E-state index in [2.05, 4.69) is 16.7 Å². The maximum Gasteiger partial charge on any atom is 0.227 e. The Kier molecular flexibility index (Phi) is 5.51. The Morgan fingerprint density at radius 2 is 2.16 bits per heavy atom. The van der Waals surface area contributed by atoms with E-state index in [9.17, 15) is 14.9 Å². The van der Waals surface area contributed by atoms with E-state index in [0.717, 1.165) is 36.1 Å². The average molecular weight is 374 g/mol. The zero-order chi connectivity index (χ0) is 17.8. The zero-order valence-corrected chi connectivity index (χ0v) is 15.6. The number of aryl methyl sites for hydroxylation is 1. The number of nitriles is 1. The molecule has 7 heteroatoms. The number of rotatable bonds is 5. The third kappa shape index (κ3) is 4.09. The fourth-order valence-electron chi connectivity index (χ4n) is 3.09. The van der Waals surface area contributed by atoms with E-state index in [-0.39, 0.29) is 24.3 Å². The number of carbonyl (C=O) groups excluding carboxylic acids is 2. The standard InChI is InChI=1S/C18H19N3O2S2/c1-11(22)20-14(16-7-4-8-24-16)9-17(23)21-18-13(10-19)12-5-2-3-6-15(12)25-18/h4,7-8,14H,2-3,5-6,9H2,1H3,(H,20,22)(H,21,23). The molecule has 130 valence electrons. The molecule has 2 N–H and O–H groups in total. The third-order valence-corrected chi connectivity index (χ3v) is 6.38. The van der Waals surface area contributed by atoms with Crippen molar-refractivity contribution in [1.29, 1.82) is 5.26 Å². The smallest absolute Gasteiger partial charge is 0.227 e. The van der Waals surface area contributed by atoms with Crippen LogP contribution in [0.1, 0.15) is 53.1 Å². The summed E-state index contributed by atoms with van der Waals surface area (Å²) in [4.78, 5) is 26.1. The van der Waals surface area contributed by atoms with Crippen molar-refractivity contribution >= 4 is 39.5 Å². The van der Waals surface area contributed by atoms with Gasteiger partial charge in [-0.15, -0.1) is 22.7 Å². The van der Waals surface area contributed by atoms with E-state index in [4.69, 9.17) is 0 Å². The molecule has 1 aliphatic carbocycles. The van der Waals surface area contributed by atoms with E-state index in [1.165, 1.54) is 34.5 Å². The number of nitrogens with one attached hydrogen (secondary N) is 2. The van der Waals surface area contributed by atoms with E-state index in [1.807, 2.05) is 17.5 Å². The molecule has 0 spiro atoms. The van der Waals surface area contributed by atoms with Crippen LogP contribution >= 0.6 is 22.7 Å². The molecule has 0 aliphatic heterocycles. The Labute approximate surface area is 154 Å². The molecule has 0 aromatic carbocycles. The van der Waals surface area contributed by atoms with Crippen LogP contribution in [0.4, 0.5) is 5.00 Å². The quantitative estimate of drug-likeness (QED) is 0.837. The van der Waals surface area contributed by atoms with Gasteiger partial charge in [0.05, 0.1) is 18.0 Å².